The molecule has 18 heavy (non-hydrogen) atoms. The van der Waals surface area contributed by atoms with E-state index in [2.05, 4.69) is 42.4 Å². The van der Waals surface area contributed by atoms with Gasteiger partial charge < -0.3 is 9.73 Å². The molecule has 0 saturated carbocycles. The lowest BCUT2D eigenvalue weighted by molar-refractivity contribution is 0.261. The lowest BCUT2D eigenvalue weighted by Gasteiger charge is -2.24. The van der Waals surface area contributed by atoms with E-state index in [-0.39, 0.29) is 0 Å². The van der Waals surface area contributed by atoms with Gasteiger partial charge in [0.1, 0.15) is 5.58 Å². The number of nitrogens with one attached hydrogen (secondary N) is 1. The molecule has 0 bridgehead atoms. The van der Waals surface area contributed by atoms with Gasteiger partial charge in [0.25, 0.3) is 0 Å². The van der Waals surface area contributed by atoms with Crippen molar-refractivity contribution in [3.05, 3.63) is 35.6 Å². The lowest BCUT2D eigenvalue weighted by atomic mass is 10.0. The van der Waals surface area contributed by atoms with Crippen LogP contribution < -0.4 is 5.32 Å². The number of nitrogens with zero attached hydrogens (tertiary/aromatic N) is 1. The quantitative estimate of drug-likeness (QED) is 0.836. The second kappa shape index (κ2) is 4.75. The Balaban J connectivity index is 2.04. The molecule has 1 unspecified atom stereocenters. The van der Waals surface area contributed by atoms with Crippen molar-refractivity contribution in [2.75, 3.05) is 26.7 Å². The fraction of sp³-hybridized carbons (Fsp3) is 0.467. The number of rotatable bonds is 1. The molecular formula is C15H20N2O. The van der Waals surface area contributed by atoms with Crippen LogP contribution >= 0.6 is 0 Å². The molecule has 0 radical (unpaired) electrons. The molecule has 1 saturated heterocycles. The lowest BCUT2D eigenvalue weighted by Crippen LogP contribution is -2.29. The van der Waals surface area contributed by atoms with Crippen molar-refractivity contribution in [3.63, 3.8) is 0 Å². The van der Waals surface area contributed by atoms with Gasteiger partial charge in [0.15, 0.2) is 0 Å². The molecule has 1 aliphatic rings. The Morgan fingerprint density at radius 1 is 1.39 bits per heavy atom. The van der Waals surface area contributed by atoms with E-state index in [1.165, 1.54) is 22.9 Å². The summed E-state index contributed by atoms with van der Waals surface area (Å²) in [4.78, 5) is 2.42. The summed E-state index contributed by atoms with van der Waals surface area (Å²) >= 11 is 0. The number of hydrogen-bond donors (Lipinski definition) is 1. The standard InChI is InChI=1S/C15H20N2O/c1-11-4-5-15-12(8-11)13(10-18-15)14-9-16-6-3-7-17(14)2/h4-5,8,10,14,16H,3,6-7,9H2,1-2H3. The van der Waals surface area contributed by atoms with Gasteiger partial charge in [-0.15, -0.1) is 0 Å². The van der Waals surface area contributed by atoms with Crippen molar-refractivity contribution in [3.8, 4) is 0 Å². The molecule has 1 N–H and O–H groups in total. The average Bonchev–Trinajstić information content (AvgIpc) is 2.64. The number of fused-ring (bicyclic) bond motifs is 1. The third-order valence-electron chi connectivity index (χ3n) is 3.85. The van der Waals surface area contributed by atoms with Gasteiger partial charge in [-0.25, -0.2) is 0 Å². The molecule has 1 fully saturated rings. The molecule has 0 amide bonds. The van der Waals surface area contributed by atoms with Crippen molar-refractivity contribution >= 4 is 11.0 Å². The number of likely N-dealkylation sites (N-methyl/N-ethyl adjacent to an activating group) is 1. The molecule has 1 aromatic heterocycles. The van der Waals surface area contributed by atoms with E-state index in [9.17, 15) is 0 Å². The smallest absolute Gasteiger partial charge is 0.134 e. The Kier molecular flexibility index (Phi) is 3.10. The summed E-state index contributed by atoms with van der Waals surface area (Å²) in [5.41, 5.74) is 3.59. The van der Waals surface area contributed by atoms with Crippen molar-refractivity contribution in [2.24, 2.45) is 0 Å². The van der Waals surface area contributed by atoms with Crippen LogP contribution in [-0.4, -0.2) is 31.6 Å². The minimum Gasteiger partial charge on any atom is -0.464 e. The largest absolute Gasteiger partial charge is 0.464 e. The Morgan fingerprint density at radius 2 is 2.28 bits per heavy atom. The maximum Gasteiger partial charge on any atom is 0.134 e. The zero-order valence-corrected chi connectivity index (χ0v) is 11.1. The van der Waals surface area contributed by atoms with Crippen LogP contribution in [-0.2, 0) is 0 Å². The predicted molar refractivity (Wildman–Crippen MR) is 73.8 cm³/mol. The first-order chi connectivity index (χ1) is 8.75. The Hall–Kier alpha value is -1.32. The molecule has 3 rings (SSSR count). The zero-order valence-electron chi connectivity index (χ0n) is 11.1. The maximum atomic E-state index is 5.69. The Labute approximate surface area is 108 Å². The van der Waals surface area contributed by atoms with Crippen molar-refractivity contribution in [1.82, 2.24) is 10.2 Å². The molecule has 2 heterocycles. The highest BCUT2D eigenvalue weighted by Gasteiger charge is 2.22. The van der Waals surface area contributed by atoms with Crippen LogP contribution in [0, 0.1) is 6.92 Å². The molecule has 96 valence electrons. The first-order valence-corrected chi connectivity index (χ1v) is 6.64. The van der Waals surface area contributed by atoms with Gasteiger partial charge in [-0.1, -0.05) is 11.6 Å². The van der Waals surface area contributed by atoms with Gasteiger partial charge >= 0.3 is 0 Å². The zero-order chi connectivity index (χ0) is 12.5. The fourth-order valence-corrected chi connectivity index (χ4v) is 2.77. The summed E-state index contributed by atoms with van der Waals surface area (Å²) in [7, 11) is 2.20. The molecule has 1 atom stereocenters. The van der Waals surface area contributed by atoms with E-state index in [0.29, 0.717) is 6.04 Å². The molecule has 1 aliphatic heterocycles. The molecule has 0 spiro atoms. The SMILES string of the molecule is Cc1ccc2occ(C3CNCCCN3C)c2c1. The molecular weight excluding hydrogens is 224 g/mol. The minimum absolute atomic E-state index is 0.413. The third-order valence-corrected chi connectivity index (χ3v) is 3.85. The van der Waals surface area contributed by atoms with Gasteiger partial charge in [0, 0.05) is 17.5 Å². The third kappa shape index (κ3) is 2.04. The van der Waals surface area contributed by atoms with Gasteiger partial charge in [-0.3, -0.25) is 4.90 Å². The number of benzene rings is 1. The summed E-state index contributed by atoms with van der Waals surface area (Å²) < 4.78 is 5.69. The first kappa shape index (κ1) is 11.8. The Morgan fingerprint density at radius 3 is 3.17 bits per heavy atom. The molecule has 3 heteroatoms. The van der Waals surface area contributed by atoms with Gasteiger partial charge in [-0.05, 0) is 45.6 Å². The van der Waals surface area contributed by atoms with Crippen molar-refractivity contribution in [2.45, 2.75) is 19.4 Å². The van der Waals surface area contributed by atoms with E-state index in [4.69, 9.17) is 4.42 Å². The van der Waals surface area contributed by atoms with Crippen LogP contribution in [0.4, 0.5) is 0 Å². The summed E-state index contributed by atoms with van der Waals surface area (Å²) in [6, 6.07) is 6.81. The fourth-order valence-electron chi connectivity index (χ4n) is 2.77. The Bertz CT molecular complexity index is 546. The summed E-state index contributed by atoms with van der Waals surface area (Å²) in [6.45, 7) is 5.37. The van der Waals surface area contributed by atoms with Gasteiger partial charge in [-0.2, -0.15) is 0 Å². The minimum atomic E-state index is 0.413. The van der Waals surface area contributed by atoms with Crippen LogP contribution in [0.5, 0.6) is 0 Å². The van der Waals surface area contributed by atoms with E-state index in [1.54, 1.807) is 0 Å². The molecule has 1 aromatic carbocycles. The second-order valence-electron chi connectivity index (χ2n) is 5.24. The highest BCUT2D eigenvalue weighted by atomic mass is 16.3. The number of furan rings is 1. The predicted octanol–water partition coefficient (Wildman–Crippen LogP) is 2.71. The highest BCUT2D eigenvalue weighted by Crippen LogP contribution is 2.30. The number of aryl methyl sites for hydroxylation is 1. The van der Waals surface area contributed by atoms with Gasteiger partial charge in [0.05, 0.1) is 12.3 Å². The molecule has 3 nitrogen and oxygen atoms in total. The summed E-state index contributed by atoms with van der Waals surface area (Å²) in [6.07, 6.45) is 3.14. The van der Waals surface area contributed by atoms with Crippen molar-refractivity contribution in [1.29, 1.82) is 0 Å². The van der Waals surface area contributed by atoms with Crippen LogP contribution in [0.25, 0.3) is 11.0 Å². The molecule has 0 aliphatic carbocycles. The number of hydrogen-bond acceptors (Lipinski definition) is 3. The van der Waals surface area contributed by atoms with Crippen molar-refractivity contribution < 1.29 is 4.42 Å². The monoisotopic (exact) mass is 244 g/mol. The van der Waals surface area contributed by atoms with E-state index in [0.717, 1.165) is 25.2 Å². The normalized spacial score (nSPS) is 22.2. The first-order valence-electron chi connectivity index (χ1n) is 6.64. The van der Waals surface area contributed by atoms with Crippen LogP contribution in [0.2, 0.25) is 0 Å². The van der Waals surface area contributed by atoms with E-state index < -0.39 is 0 Å². The van der Waals surface area contributed by atoms with Crippen LogP contribution in [0.15, 0.2) is 28.9 Å². The summed E-state index contributed by atoms with van der Waals surface area (Å²) in [5, 5.41) is 4.77. The summed E-state index contributed by atoms with van der Waals surface area (Å²) in [5.74, 6) is 0. The maximum absolute atomic E-state index is 5.69. The average molecular weight is 244 g/mol. The van der Waals surface area contributed by atoms with E-state index in [1.807, 2.05) is 6.26 Å². The highest BCUT2D eigenvalue weighted by molar-refractivity contribution is 5.82. The van der Waals surface area contributed by atoms with Crippen LogP contribution in [0.3, 0.4) is 0 Å². The van der Waals surface area contributed by atoms with E-state index >= 15 is 0 Å². The van der Waals surface area contributed by atoms with Crippen LogP contribution in [0.1, 0.15) is 23.6 Å². The molecule has 2 aromatic rings. The van der Waals surface area contributed by atoms with Gasteiger partial charge in [0.2, 0.25) is 0 Å². The topological polar surface area (TPSA) is 28.4 Å². The second-order valence-corrected chi connectivity index (χ2v) is 5.24.